The van der Waals surface area contributed by atoms with Crippen molar-refractivity contribution in [3.8, 4) is 0 Å². The van der Waals surface area contributed by atoms with Crippen LogP contribution in [0.25, 0.3) is 0 Å². The van der Waals surface area contributed by atoms with Crippen LogP contribution in [0, 0.1) is 0 Å². The molecule has 0 bridgehead atoms. The van der Waals surface area contributed by atoms with E-state index in [4.69, 9.17) is 0 Å². The van der Waals surface area contributed by atoms with Crippen molar-refractivity contribution in [2.24, 2.45) is 0 Å². The average molecular weight is 205 g/mol. The summed E-state index contributed by atoms with van der Waals surface area (Å²) in [6.07, 6.45) is 15.7. The van der Waals surface area contributed by atoms with Crippen molar-refractivity contribution in [1.29, 1.82) is 0 Å². The van der Waals surface area contributed by atoms with Gasteiger partial charge < -0.3 is 4.90 Å². The first kappa shape index (κ1) is 10.8. The number of hydrogen-bond donors (Lipinski definition) is 0. The molecule has 0 atom stereocenters. The molecule has 0 saturated carbocycles. The normalized spacial score (nSPS) is 23.9. The Morgan fingerprint density at radius 3 is 2.67 bits per heavy atom. The summed E-state index contributed by atoms with van der Waals surface area (Å²) in [6.45, 7) is 1.24. The number of likely N-dealkylation sites (N-methyl/N-ethyl adjacent to an activating group) is 1. The highest BCUT2D eigenvalue weighted by Gasteiger charge is 2.13. The molecule has 0 aromatic heterocycles. The van der Waals surface area contributed by atoms with Crippen LogP contribution in [0.15, 0.2) is 23.4 Å². The summed E-state index contributed by atoms with van der Waals surface area (Å²) in [6, 6.07) is 0. The Morgan fingerprint density at radius 1 is 0.933 bits per heavy atom. The average Bonchev–Trinajstić information content (AvgIpc) is 2.59. The zero-order valence-corrected chi connectivity index (χ0v) is 9.97. The van der Waals surface area contributed by atoms with E-state index < -0.39 is 0 Å². The number of rotatable bonds is 1. The number of hydrogen-bond acceptors (Lipinski definition) is 1. The Balaban J connectivity index is 2.11. The van der Waals surface area contributed by atoms with Gasteiger partial charge in [-0.25, -0.2) is 0 Å². The standard InChI is InChI=1S/C14H23N/c1-15-12-8-4-7-11-14(15)13-9-5-2-3-6-10-13/h9,11H,2-8,10,12H2,1H3. The molecule has 0 aromatic rings. The molecule has 1 aliphatic carbocycles. The summed E-state index contributed by atoms with van der Waals surface area (Å²) in [5.41, 5.74) is 3.16. The first-order valence-corrected chi connectivity index (χ1v) is 6.48. The summed E-state index contributed by atoms with van der Waals surface area (Å²) in [5.74, 6) is 0. The van der Waals surface area contributed by atoms with Gasteiger partial charge in [-0.1, -0.05) is 18.6 Å². The lowest BCUT2D eigenvalue weighted by Gasteiger charge is -2.23. The molecular weight excluding hydrogens is 182 g/mol. The lowest BCUT2D eigenvalue weighted by Crippen LogP contribution is -2.19. The highest BCUT2D eigenvalue weighted by molar-refractivity contribution is 5.30. The summed E-state index contributed by atoms with van der Waals surface area (Å²) in [5, 5.41) is 0. The van der Waals surface area contributed by atoms with Gasteiger partial charge in [0.25, 0.3) is 0 Å². The van der Waals surface area contributed by atoms with Gasteiger partial charge in [-0.2, -0.15) is 0 Å². The summed E-state index contributed by atoms with van der Waals surface area (Å²) in [7, 11) is 2.25. The maximum absolute atomic E-state index is 2.49. The van der Waals surface area contributed by atoms with E-state index in [1.54, 1.807) is 5.57 Å². The summed E-state index contributed by atoms with van der Waals surface area (Å²) in [4.78, 5) is 2.46. The topological polar surface area (TPSA) is 3.24 Å². The Bertz CT molecular complexity index is 263. The van der Waals surface area contributed by atoms with Crippen LogP contribution in [0.4, 0.5) is 0 Å². The van der Waals surface area contributed by atoms with Gasteiger partial charge >= 0.3 is 0 Å². The van der Waals surface area contributed by atoms with E-state index in [0.29, 0.717) is 0 Å². The van der Waals surface area contributed by atoms with Crippen LogP contribution in [0.1, 0.15) is 51.4 Å². The molecule has 0 unspecified atom stereocenters. The molecule has 15 heavy (non-hydrogen) atoms. The van der Waals surface area contributed by atoms with Crippen LogP contribution in [0.5, 0.6) is 0 Å². The minimum Gasteiger partial charge on any atom is -0.375 e. The Labute approximate surface area is 93.9 Å². The molecule has 2 aliphatic rings. The molecule has 0 saturated heterocycles. The minimum atomic E-state index is 1.24. The predicted molar refractivity (Wildman–Crippen MR) is 65.7 cm³/mol. The van der Waals surface area contributed by atoms with Crippen LogP contribution in [0.2, 0.25) is 0 Å². The van der Waals surface area contributed by atoms with Crippen molar-refractivity contribution in [1.82, 2.24) is 4.90 Å². The largest absolute Gasteiger partial charge is 0.375 e. The fourth-order valence-corrected chi connectivity index (χ4v) is 2.63. The SMILES string of the molecule is CN1CCCCC=C1C1=CCCCCC1. The zero-order valence-electron chi connectivity index (χ0n) is 9.97. The smallest absolute Gasteiger partial charge is 0.0352 e. The third kappa shape index (κ3) is 2.87. The molecule has 84 valence electrons. The van der Waals surface area contributed by atoms with Gasteiger partial charge in [-0.3, -0.25) is 0 Å². The van der Waals surface area contributed by atoms with E-state index in [1.165, 1.54) is 63.6 Å². The molecule has 0 aromatic carbocycles. The van der Waals surface area contributed by atoms with Crippen LogP contribution in [0.3, 0.4) is 0 Å². The molecule has 1 aliphatic heterocycles. The third-order valence-corrected chi connectivity index (χ3v) is 3.57. The predicted octanol–water partition coefficient (Wildman–Crippen LogP) is 3.88. The van der Waals surface area contributed by atoms with E-state index in [1.807, 2.05) is 0 Å². The van der Waals surface area contributed by atoms with E-state index in [0.717, 1.165) is 0 Å². The van der Waals surface area contributed by atoms with Gasteiger partial charge in [0, 0.05) is 19.3 Å². The van der Waals surface area contributed by atoms with Crippen molar-refractivity contribution >= 4 is 0 Å². The molecular formula is C14H23N. The van der Waals surface area contributed by atoms with E-state index >= 15 is 0 Å². The molecule has 1 heteroatoms. The second kappa shape index (κ2) is 5.39. The van der Waals surface area contributed by atoms with Crippen molar-refractivity contribution in [2.75, 3.05) is 13.6 Å². The van der Waals surface area contributed by atoms with E-state index in [-0.39, 0.29) is 0 Å². The highest BCUT2D eigenvalue weighted by Crippen LogP contribution is 2.27. The fraction of sp³-hybridized carbons (Fsp3) is 0.714. The van der Waals surface area contributed by atoms with Crippen molar-refractivity contribution in [3.63, 3.8) is 0 Å². The first-order chi connectivity index (χ1) is 7.38. The quantitative estimate of drug-likeness (QED) is 0.628. The fourth-order valence-electron chi connectivity index (χ4n) is 2.63. The highest BCUT2D eigenvalue weighted by atomic mass is 15.1. The Hall–Kier alpha value is -0.720. The molecule has 0 spiro atoms. The van der Waals surface area contributed by atoms with Gasteiger partial charge in [-0.15, -0.1) is 0 Å². The lowest BCUT2D eigenvalue weighted by molar-refractivity contribution is 0.419. The van der Waals surface area contributed by atoms with Crippen molar-refractivity contribution in [2.45, 2.75) is 51.4 Å². The van der Waals surface area contributed by atoms with Gasteiger partial charge in [-0.05, 0) is 50.5 Å². The lowest BCUT2D eigenvalue weighted by atomic mass is 10.1. The molecule has 0 radical (unpaired) electrons. The van der Waals surface area contributed by atoms with E-state index in [9.17, 15) is 0 Å². The molecule has 1 heterocycles. The number of allylic oxidation sites excluding steroid dienone is 3. The monoisotopic (exact) mass is 205 g/mol. The number of nitrogens with zero attached hydrogens (tertiary/aromatic N) is 1. The minimum absolute atomic E-state index is 1.24. The summed E-state index contributed by atoms with van der Waals surface area (Å²) < 4.78 is 0. The molecule has 0 N–H and O–H groups in total. The Morgan fingerprint density at radius 2 is 1.73 bits per heavy atom. The van der Waals surface area contributed by atoms with Crippen LogP contribution >= 0.6 is 0 Å². The molecule has 0 amide bonds. The summed E-state index contributed by atoms with van der Waals surface area (Å²) >= 11 is 0. The van der Waals surface area contributed by atoms with Gasteiger partial charge in [0.15, 0.2) is 0 Å². The molecule has 1 nitrogen and oxygen atoms in total. The first-order valence-electron chi connectivity index (χ1n) is 6.48. The second-order valence-electron chi connectivity index (χ2n) is 4.84. The van der Waals surface area contributed by atoms with Crippen LogP contribution in [-0.2, 0) is 0 Å². The Kier molecular flexibility index (Phi) is 3.87. The van der Waals surface area contributed by atoms with Crippen molar-refractivity contribution in [3.05, 3.63) is 23.4 Å². The maximum Gasteiger partial charge on any atom is 0.0352 e. The van der Waals surface area contributed by atoms with Crippen LogP contribution in [-0.4, -0.2) is 18.5 Å². The zero-order chi connectivity index (χ0) is 10.5. The van der Waals surface area contributed by atoms with Crippen molar-refractivity contribution < 1.29 is 0 Å². The van der Waals surface area contributed by atoms with Gasteiger partial charge in [0.2, 0.25) is 0 Å². The van der Waals surface area contributed by atoms with Gasteiger partial charge in [0.1, 0.15) is 0 Å². The van der Waals surface area contributed by atoms with Crippen LogP contribution < -0.4 is 0 Å². The second-order valence-corrected chi connectivity index (χ2v) is 4.84. The maximum atomic E-state index is 2.49. The third-order valence-electron chi connectivity index (χ3n) is 3.57. The van der Waals surface area contributed by atoms with E-state index in [2.05, 4.69) is 24.1 Å². The molecule has 0 fully saturated rings. The molecule has 2 rings (SSSR count). The van der Waals surface area contributed by atoms with Gasteiger partial charge in [0.05, 0.1) is 0 Å².